The molecule has 2 amide bonds. The number of aryl methyl sites for hydroxylation is 1. The van der Waals surface area contributed by atoms with Gasteiger partial charge in [-0.1, -0.05) is 43.3 Å². The van der Waals surface area contributed by atoms with Crippen LogP contribution in [0.5, 0.6) is 23.0 Å². The smallest absolute Gasteiger partial charge is 0.243 e. The second-order valence-electron chi connectivity index (χ2n) is 18.0. The summed E-state index contributed by atoms with van der Waals surface area (Å²) >= 11 is 14.1. The van der Waals surface area contributed by atoms with E-state index < -0.39 is 23.2 Å². The number of nitrogens with zero attached hydrogens (tertiary/aromatic N) is 8. The molecule has 78 heavy (non-hydrogen) atoms. The van der Waals surface area contributed by atoms with Gasteiger partial charge in [-0.25, -0.2) is 33.7 Å². The highest BCUT2D eigenvalue weighted by Gasteiger charge is 2.30. The van der Waals surface area contributed by atoms with E-state index >= 15 is 8.78 Å². The van der Waals surface area contributed by atoms with Crippen LogP contribution in [-0.4, -0.2) is 130 Å². The first-order chi connectivity index (χ1) is 37.8. The van der Waals surface area contributed by atoms with Crippen molar-refractivity contribution in [3.63, 3.8) is 0 Å². The lowest BCUT2D eigenvalue weighted by atomic mass is 10.0. The summed E-state index contributed by atoms with van der Waals surface area (Å²) in [6.45, 7) is 11.2. The van der Waals surface area contributed by atoms with Gasteiger partial charge in [0.15, 0.2) is 29.0 Å². The van der Waals surface area contributed by atoms with Crippen molar-refractivity contribution in [1.29, 1.82) is 0 Å². The Morgan fingerprint density at radius 1 is 0.731 bits per heavy atom. The maximum Gasteiger partial charge on any atom is 0.243 e. The minimum Gasteiger partial charge on any atom is -0.495 e. The number of halogens is 4. The van der Waals surface area contributed by atoms with Crippen LogP contribution in [0.1, 0.15) is 31.0 Å². The molecule has 0 bridgehead atoms. The normalized spacial score (nSPS) is 17.2. The largest absolute Gasteiger partial charge is 0.495 e. The van der Waals surface area contributed by atoms with Gasteiger partial charge < -0.3 is 55.0 Å². The van der Waals surface area contributed by atoms with Crippen molar-refractivity contribution in [1.82, 2.24) is 50.3 Å². The number of fused-ring (bicyclic) bond motifs is 2. The number of hydrogen-bond acceptors (Lipinski definition) is 18. The quantitative estimate of drug-likeness (QED) is 0.0437. The molecule has 2 aliphatic heterocycles. The van der Waals surface area contributed by atoms with E-state index in [0.717, 1.165) is 6.07 Å². The van der Waals surface area contributed by atoms with E-state index in [4.69, 9.17) is 71.6 Å². The fraction of sp³-hybridized carbons (Fsp3) is 0.340. The van der Waals surface area contributed by atoms with Crippen molar-refractivity contribution in [3.8, 4) is 45.5 Å². The minimum absolute atomic E-state index is 0.0840. The molecule has 2 saturated heterocycles. The van der Waals surface area contributed by atoms with Gasteiger partial charge in [0.25, 0.3) is 0 Å². The number of methoxy groups -OCH3 is 3. The molecule has 7 heterocycles. The van der Waals surface area contributed by atoms with E-state index in [9.17, 15) is 9.59 Å². The maximum atomic E-state index is 15.9. The highest BCUT2D eigenvalue weighted by molar-refractivity contribution is 6.41. The third-order valence-electron chi connectivity index (χ3n) is 13.1. The van der Waals surface area contributed by atoms with E-state index in [2.05, 4.69) is 54.8 Å². The molecule has 0 spiro atoms. The van der Waals surface area contributed by atoms with E-state index in [1.165, 1.54) is 45.7 Å². The molecule has 0 unspecified atom stereocenters. The van der Waals surface area contributed by atoms with Crippen molar-refractivity contribution in [2.24, 2.45) is 0 Å². The van der Waals surface area contributed by atoms with Crippen molar-refractivity contribution in [2.45, 2.75) is 63.4 Å². The van der Waals surface area contributed by atoms with E-state index in [-0.39, 0.29) is 101 Å². The molecule has 5 aromatic heterocycles. The Morgan fingerprint density at radius 3 is 1.86 bits per heavy atom. The predicted molar refractivity (Wildman–Crippen MR) is 290 cm³/mol. The zero-order valence-corrected chi connectivity index (χ0v) is 44.4. The number of hydrogen-bond donors (Lipinski definition) is 5. The van der Waals surface area contributed by atoms with Gasteiger partial charge in [0.2, 0.25) is 23.7 Å². The summed E-state index contributed by atoms with van der Waals surface area (Å²) in [5.41, 5.74) is 2.59. The molecule has 2 aromatic carbocycles. The molecule has 408 valence electrons. The van der Waals surface area contributed by atoms with Crippen LogP contribution in [0, 0.1) is 11.6 Å². The van der Waals surface area contributed by atoms with Crippen molar-refractivity contribution in [2.75, 3.05) is 70.3 Å². The van der Waals surface area contributed by atoms with Gasteiger partial charge in [0.05, 0.1) is 110 Å². The van der Waals surface area contributed by atoms with Gasteiger partial charge in [-0.05, 0) is 43.5 Å². The number of nitrogens with one attached hydrogen (secondary N) is 5. The van der Waals surface area contributed by atoms with Crippen LogP contribution in [-0.2, 0) is 38.6 Å². The van der Waals surface area contributed by atoms with Crippen LogP contribution in [0.2, 0.25) is 10.0 Å². The van der Waals surface area contributed by atoms with Crippen LogP contribution >= 0.6 is 23.2 Å². The van der Waals surface area contributed by atoms with Crippen molar-refractivity contribution < 1.29 is 46.8 Å². The van der Waals surface area contributed by atoms with Crippen LogP contribution in [0.25, 0.3) is 44.3 Å². The molecule has 5 N–H and O–H groups in total. The molecule has 7 aromatic rings. The molecular weight excluding hydrogens is 1060 g/mol. The number of carbonyl (C=O) groups excluding carboxylic acids is 2. The minimum atomic E-state index is -0.982. The number of ether oxygens (including phenoxy) is 6. The van der Waals surface area contributed by atoms with Crippen LogP contribution < -0.4 is 45.5 Å². The molecule has 21 nitrogen and oxygen atoms in total. The first-order valence-electron chi connectivity index (χ1n) is 24.8. The van der Waals surface area contributed by atoms with Crippen LogP contribution in [0.4, 0.5) is 26.5 Å². The van der Waals surface area contributed by atoms with Crippen molar-refractivity contribution >= 4 is 74.5 Å². The zero-order chi connectivity index (χ0) is 55.0. The lowest BCUT2D eigenvalue weighted by Gasteiger charge is -2.32. The Labute approximate surface area is 456 Å². The fourth-order valence-electron chi connectivity index (χ4n) is 9.06. The zero-order valence-electron chi connectivity index (χ0n) is 42.9. The summed E-state index contributed by atoms with van der Waals surface area (Å²) in [7, 11) is 4.01. The Balaban J connectivity index is 0.933. The highest BCUT2D eigenvalue weighted by Crippen LogP contribution is 2.46. The first-order valence-corrected chi connectivity index (χ1v) is 25.5. The molecule has 0 radical (unpaired) electrons. The lowest BCUT2D eigenvalue weighted by molar-refractivity contribution is -0.118. The van der Waals surface area contributed by atoms with Gasteiger partial charge in [0.1, 0.15) is 23.6 Å². The average Bonchev–Trinajstić information content (AvgIpc) is 4.01. The summed E-state index contributed by atoms with van der Waals surface area (Å²) in [4.78, 5) is 52.7. The van der Waals surface area contributed by atoms with Crippen LogP contribution in [0.15, 0.2) is 74.4 Å². The number of rotatable bonds is 21. The standard InChI is InChI=1S/C53H55Cl2F2N13O8/c1-7-30-49-28(22-59-52(68-49)66-35-25-76-13-10-31(35)63-41(71)8-2)16-33(62-30)43-45(54)37(73-4)18-38(46(43)55)78-15-12-70-24-27(21-61-70)20-58-51-50-29(17-34(65-51)44-47(56)39(74-5)19-40(75-6)48(44)57)23-60-53(69-50)67-36-26-77-14-11-32(36)64-42(72)9-3/h8-9,16-19,21-24,31-32,35-36H,2-3,7,10-15,20,25-26H2,1,4-6H3,(H,58,65)(H,63,71)(H,64,72)(H,59,66,68)(H,60,67,69)/t31-,32-,35+,36+/m0/s1. The molecule has 4 atom stereocenters. The summed E-state index contributed by atoms with van der Waals surface area (Å²) < 4.78 is 67.3. The Bertz CT molecular complexity index is 3380. The second-order valence-corrected chi connectivity index (χ2v) is 18.7. The first kappa shape index (κ1) is 54.8. The van der Waals surface area contributed by atoms with Gasteiger partial charge in [-0.2, -0.15) is 5.10 Å². The van der Waals surface area contributed by atoms with Gasteiger partial charge >= 0.3 is 0 Å². The summed E-state index contributed by atoms with van der Waals surface area (Å²) in [5.74, 6) is -1.76. The molecule has 25 heteroatoms. The molecule has 2 aliphatic rings. The van der Waals surface area contributed by atoms with Crippen molar-refractivity contribution in [3.05, 3.63) is 107 Å². The third-order valence-corrected chi connectivity index (χ3v) is 13.8. The Morgan fingerprint density at radius 2 is 1.28 bits per heavy atom. The number of benzene rings is 2. The fourth-order valence-corrected chi connectivity index (χ4v) is 9.74. The molecular formula is C53H55Cl2F2N13O8. The Kier molecular flexibility index (Phi) is 17.2. The van der Waals surface area contributed by atoms with E-state index in [0.29, 0.717) is 95.1 Å². The topological polar surface area (TPSA) is 245 Å². The second kappa shape index (κ2) is 24.6. The number of aromatic nitrogens is 8. The molecule has 9 rings (SSSR count). The lowest BCUT2D eigenvalue weighted by Crippen LogP contribution is -2.52. The number of amides is 2. The van der Waals surface area contributed by atoms with E-state index in [1.807, 2.05) is 6.92 Å². The Hall–Kier alpha value is -7.99. The average molecular weight is 1110 g/mol. The highest BCUT2D eigenvalue weighted by atomic mass is 35.5. The van der Waals surface area contributed by atoms with E-state index in [1.54, 1.807) is 35.4 Å². The summed E-state index contributed by atoms with van der Waals surface area (Å²) in [6, 6.07) is 4.79. The maximum absolute atomic E-state index is 15.9. The molecule has 2 fully saturated rings. The SMILES string of the molecule is C=CC(=O)N[C@H]1CCOC[C@H]1Nc1ncc2cc(-c3c(Cl)c(OC)cc(OCCn4cc(CNc5nc(-c6c(F)c(OC)cc(OC)c6F)cc6cnc(N[C@@H]7COCC[C@@H]7NC(=O)C=C)nc56)cn4)c3Cl)nc(CC)c2n1. The van der Waals surface area contributed by atoms with Gasteiger partial charge in [0, 0.05) is 72.4 Å². The number of pyridine rings is 2. The third kappa shape index (κ3) is 11.9. The van der Waals surface area contributed by atoms with Gasteiger partial charge in [-0.15, -0.1) is 0 Å². The predicted octanol–water partition coefficient (Wildman–Crippen LogP) is 7.50. The monoisotopic (exact) mass is 1110 g/mol. The summed E-state index contributed by atoms with van der Waals surface area (Å²) in [6.07, 6.45) is 10.7. The molecule has 0 saturated carbocycles. The van der Waals surface area contributed by atoms with Crippen LogP contribution in [0.3, 0.4) is 0 Å². The molecule has 0 aliphatic carbocycles. The van der Waals surface area contributed by atoms with Gasteiger partial charge in [-0.3, -0.25) is 19.3 Å². The summed E-state index contributed by atoms with van der Waals surface area (Å²) in [5, 5.41) is 21.8. The number of carbonyl (C=O) groups is 2. The number of anilines is 3.